The smallest absolute Gasteiger partial charge is 0.119 e. The summed E-state index contributed by atoms with van der Waals surface area (Å²) in [5.74, 6) is 0.432. The van der Waals surface area contributed by atoms with Crippen LogP contribution in [0.5, 0.6) is 5.75 Å². The third kappa shape index (κ3) is 2.34. The Hall–Kier alpha value is -1.54. The van der Waals surface area contributed by atoms with Gasteiger partial charge in [-0.1, -0.05) is 30.7 Å². The lowest BCUT2D eigenvalue weighted by molar-refractivity contribution is 0.392. The second-order valence-corrected chi connectivity index (χ2v) is 5.18. The molecule has 0 radical (unpaired) electrons. The highest BCUT2D eigenvalue weighted by Gasteiger charge is 2.15. The Balaban J connectivity index is 1.88. The number of piperidine rings is 1. The fraction of sp³-hybridized carbons (Fsp3) is 0.375. The maximum Gasteiger partial charge on any atom is 0.119 e. The molecule has 2 aromatic carbocycles. The molecule has 1 unspecified atom stereocenters. The molecule has 0 spiro atoms. The van der Waals surface area contributed by atoms with Crippen LogP contribution in [-0.2, 0) is 6.42 Å². The summed E-state index contributed by atoms with van der Waals surface area (Å²) < 4.78 is 0. The lowest BCUT2D eigenvalue weighted by Crippen LogP contribution is -2.35. The van der Waals surface area contributed by atoms with Gasteiger partial charge < -0.3 is 10.4 Å². The van der Waals surface area contributed by atoms with Gasteiger partial charge >= 0.3 is 0 Å². The van der Waals surface area contributed by atoms with E-state index in [0.717, 1.165) is 23.9 Å². The number of aromatic hydroxyl groups is 1. The normalized spacial score (nSPS) is 20.1. The standard InChI is InChI=1S/C16H19NO/c18-16-11-13-6-2-1-5-12(13)9-14(16)10-15-7-3-4-8-17-15/h1-2,5-6,9,11,15,17-18H,3-4,7-8,10H2. The summed E-state index contributed by atoms with van der Waals surface area (Å²) in [6.07, 6.45) is 4.72. The predicted molar refractivity (Wildman–Crippen MR) is 75.0 cm³/mol. The minimum absolute atomic E-state index is 0.432. The summed E-state index contributed by atoms with van der Waals surface area (Å²) in [7, 11) is 0. The molecule has 0 bridgehead atoms. The van der Waals surface area contributed by atoms with E-state index in [1.165, 1.54) is 24.6 Å². The van der Waals surface area contributed by atoms with Crippen molar-refractivity contribution in [3.05, 3.63) is 42.0 Å². The van der Waals surface area contributed by atoms with E-state index in [9.17, 15) is 5.11 Å². The maximum atomic E-state index is 10.1. The fourth-order valence-corrected chi connectivity index (χ4v) is 2.80. The van der Waals surface area contributed by atoms with Crippen LogP contribution >= 0.6 is 0 Å². The van der Waals surface area contributed by atoms with Crippen molar-refractivity contribution in [3.8, 4) is 5.75 Å². The molecule has 1 heterocycles. The average Bonchev–Trinajstić information content (AvgIpc) is 2.41. The van der Waals surface area contributed by atoms with E-state index in [-0.39, 0.29) is 0 Å². The van der Waals surface area contributed by atoms with E-state index in [4.69, 9.17) is 0 Å². The zero-order valence-electron chi connectivity index (χ0n) is 10.5. The quantitative estimate of drug-likeness (QED) is 0.846. The average molecular weight is 241 g/mol. The molecule has 0 aromatic heterocycles. The summed E-state index contributed by atoms with van der Waals surface area (Å²) in [5, 5.41) is 16.0. The summed E-state index contributed by atoms with van der Waals surface area (Å²) in [4.78, 5) is 0. The van der Waals surface area contributed by atoms with Gasteiger partial charge in [0.1, 0.15) is 5.75 Å². The lowest BCUT2D eigenvalue weighted by Gasteiger charge is -2.23. The molecule has 0 saturated carbocycles. The monoisotopic (exact) mass is 241 g/mol. The molecule has 18 heavy (non-hydrogen) atoms. The number of fused-ring (bicyclic) bond motifs is 1. The van der Waals surface area contributed by atoms with Crippen LogP contribution in [0.15, 0.2) is 36.4 Å². The molecular formula is C16H19NO. The SMILES string of the molecule is Oc1cc2ccccc2cc1CC1CCCCN1. The Bertz CT molecular complexity index is 544. The van der Waals surface area contributed by atoms with Crippen LogP contribution in [0.25, 0.3) is 10.8 Å². The third-order valence-corrected chi connectivity index (χ3v) is 3.83. The lowest BCUT2D eigenvalue weighted by atomic mass is 9.95. The van der Waals surface area contributed by atoms with Gasteiger partial charge in [0.2, 0.25) is 0 Å². The number of benzene rings is 2. The first-order valence-corrected chi connectivity index (χ1v) is 6.77. The molecule has 2 N–H and O–H groups in total. The third-order valence-electron chi connectivity index (χ3n) is 3.83. The van der Waals surface area contributed by atoms with Gasteiger partial charge in [0.05, 0.1) is 0 Å². The Labute approximate surface area is 108 Å². The first kappa shape index (κ1) is 11.5. The number of phenolic OH excluding ortho intramolecular Hbond substituents is 1. The molecule has 2 heteroatoms. The van der Waals surface area contributed by atoms with Crippen LogP contribution in [0.3, 0.4) is 0 Å². The minimum Gasteiger partial charge on any atom is -0.508 e. The van der Waals surface area contributed by atoms with Crippen LogP contribution in [0.1, 0.15) is 24.8 Å². The topological polar surface area (TPSA) is 32.3 Å². The van der Waals surface area contributed by atoms with Gasteiger partial charge in [-0.05, 0) is 54.3 Å². The van der Waals surface area contributed by atoms with Gasteiger partial charge in [-0.15, -0.1) is 0 Å². The first-order chi connectivity index (χ1) is 8.83. The zero-order chi connectivity index (χ0) is 12.4. The first-order valence-electron chi connectivity index (χ1n) is 6.77. The highest BCUT2D eigenvalue weighted by atomic mass is 16.3. The molecule has 0 aliphatic carbocycles. The van der Waals surface area contributed by atoms with E-state index in [1.807, 2.05) is 24.3 Å². The van der Waals surface area contributed by atoms with Gasteiger partial charge in [0.15, 0.2) is 0 Å². The number of phenols is 1. The predicted octanol–water partition coefficient (Wildman–Crippen LogP) is 3.23. The second-order valence-electron chi connectivity index (χ2n) is 5.18. The number of rotatable bonds is 2. The van der Waals surface area contributed by atoms with E-state index in [1.54, 1.807) is 0 Å². The van der Waals surface area contributed by atoms with Crippen molar-refractivity contribution < 1.29 is 5.11 Å². The van der Waals surface area contributed by atoms with E-state index >= 15 is 0 Å². The zero-order valence-corrected chi connectivity index (χ0v) is 10.5. The summed E-state index contributed by atoms with van der Waals surface area (Å²) in [6.45, 7) is 1.11. The molecule has 3 rings (SSSR count). The van der Waals surface area contributed by atoms with Crippen LogP contribution in [-0.4, -0.2) is 17.7 Å². The van der Waals surface area contributed by atoms with Crippen molar-refractivity contribution >= 4 is 10.8 Å². The van der Waals surface area contributed by atoms with Gasteiger partial charge in [-0.2, -0.15) is 0 Å². The number of hydrogen-bond acceptors (Lipinski definition) is 2. The van der Waals surface area contributed by atoms with Gasteiger partial charge in [-0.25, -0.2) is 0 Å². The van der Waals surface area contributed by atoms with Crippen LogP contribution in [0.4, 0.5) is 0 Å². The highest BCUT2D eigenvalue weighted by molar-refractivity contribution is 5.84. The van der Waals surface area contributed by atoms with Crippen LogP contribution < -0.4 is 5.32 Å². The Morgan fingerprint density at radius 1 is 1.11 bits per heavy atom. The molecule has 2 nitrogen and oxygen atoms in total. The maximum absolute atomic E-state index is 10.1. The van der Waals surface area contributed by atoms with Gasteiger partial charge in [-0.3, -0.25) is 0 Å². The molecular weight excluding hydrogens is 222 g/mol. The molecule has 1 fully saturated rings. The van der Waals surface area contributed by atoms with E-state index < -0.39 is 0 Å². The molecule has 1 saturated heterocycles. The van der Waals surface area contributed by atoms with Crippen molar-refractivity contribution in [2.45, 2.75) is 31.7 Å². The number of hydrogen-bond donors (Lipinski definition) is 2. The van der Waals surface area contributed by atoms with Crippen molar-refractivity contribution in [2.24, 2.45) is 0 Å². The van der Waals surface area contributed by atoms with Gasteiger partial charge in [0.25, 0.3) is 0 Å². The second kappa shape index (κ2) is 4.99. The van der Waals surface area contributed by atoms with E-state index in [2.05, 4.69) is 17.4 Å². The van der Waals surface area contributed by atoms with Crippen molar-refractivity contribution in [2.75, 3.05) is 6.54 Å². The molecule has 1 aliphatic heterocycles. The Morgan fingerprint density at radius 3 is 2.61 bits per heavy atom. The van der Waals surface area contributed by atoms with Gasteiger partial charge in [0, 0.05) is 6.04 Å². The summed E-state index contributed by atoms with van der Waals surface area (Å²) in [6, 6.07) is 12.7. The number of nitrogens with one attached hydrogen (secondary N) is 1. The van der Waals surface area contributed by atoms with Crippen molar-refractivity contribution in [3.63, 3.8) is 0 Å². The van der Waals surface area contributed by atoms with Crippen LogP contribution in [0, 0.1) is 0 Å². The molecule has 94 valence electrons. The minimum atomic E-state index is 0.432. The molecule has 1 atom stereocenters. The molecule has 2 aromatic rings. The highest BCUT2D eigenvalue weighted by Crippen LogP contribution is 2.27. The summed E-state index contributed by atoms with van der Waals surface area (Å²) >= 11 is 0. The Kier molecular flexibility index (Phi) is 3.20. The summed E-state index contributed by atoms with van der Waals surface area (Å²) in [5.41, 5.74) is 1.06. The molecule has 1 aliphatic rings. The largest absolute Gasteiger partial charge is 0.508 e. The Morgan fingerprint density at radius 2 is 1.89 bits per heavy atom. The van der Waals surface area contributed by atoms with Crippen molar-refractivity contribution in [1.82, 2.24) is 5.32 Å². The van der Waals surface area contributed by atoms with Crippen molar-refractivity contribution in [1.29, 1.82) is 0 Å². The fourth-order valence-electron chi connectivity index (χ4n) is 2.80. The van der Waals surface area contributed by atoms with E-state index in [0.29, 0.717) is 11.8 Å². The van der Waals surface area contributed by atoms with Crippen LogP contribution in [0.2, 0.25) is 0 Å². The molecule has 0 amide bonds.